The van der Waals surface area contributed by atoms with Gasteiger partial charge in [-0.1, -0.05) is 12.1 Å². The quantitative estimate of drug-likeness (QED) is 0.508. The highest BCUT2D eigenvalue weighted by atomic mass is 16.5. The Morgan fingerprint density at radius 1 is 1.00 bits per heavy atom. The lowest BCUT2D eigenvalue weighted by Crippen LogP contribution is -2.38. The van der Waals surface area contributed by atoms with E-state index in [4.69, 9.17) is 9.47 Å². The molecule has 0 aliphatic carbocycles. The van der Waals surface area contributed by atoms with Crippen molar-refractivity contribution in [2.45, 2.75) is 45.6 Å². The summed E-state index contributed by atoms with van der Waals surface area (Å²) in [5.74, 6) is 0.339. The molecule has 2 aliphatic heterocycles. The Morgan fingerprint density at radius 2 is 1.68 bits per heavy atom. The Morgan fingerprint density at radius 3 is 2.29 bits per heavy atom. The van der Waals surface area contributed by atoms with Gasteiger partial charge >= 0.3 is 0 Å². The first-order valence-corrected chi connectivity index (χ1v) is 10.1. The minimum atomic E-state index is -0.208. The van der Waals surface area contributed by atoms with Crippen LogP contribution in [0.15, 0.2) is 30.0 Å². The van der Waals surface area contributed by atoms with Crippen molar-refractivity contribution in [3.8, 4) is 5.75 Å². The van der Waals surface area contributed by atoms with Crippen LogP contribution in [0.1, 0.15) is 45.1 Å². The van der Waals surface area contributed by atoms with Gasteiger partial charge in [0, 0.05) is 26.2 Å². The third-order valence-electron chi connectivity index (χ3n) is 5.17. The van der Waals surface area contributed by atoms with E-state index in [9.17, 15) is 9.59 Å². The van der Waals surface area contributed by atoms with Crippen LogP contribution < -0.4 is 4.74 Å². The molecule has 0 radical (unpaired) electrons. The number of likely N-dealkylation sites (tertiary alicyclic amines) is 1. The van der Waals surface area contributed by atoms with Gasteiger partial charge in [-0.15, -0.1) is 0 Å². The van der Waals surface area contributed by atoms with Crippen LogP contribution in [0.3, 0.4) is 0 Å². The minimum absolute atomic E-state index is 0.141. The van der Waals surface area contributed by atoms with Crippen molar-refractivity contribution in [3.05, 3.63) is 35.5 Å². The fourth-order valence-corrected chi connectivity index (χ4v) is 3.74. The molecule has 0 atom stereocenters. The molecular weight excluding hydrogens is 356 g/mol. The summed E-state index contributed by atoms with van der Waals surface area (Å²) in [5, 5.41) is 0. The van der Waals surface area contributed by atoms with E-state index in [2.05, 4.69) is 4.90 Å². The van der Waals surface area contributed by atoms with Crippen molar-refractivity contribution in [3.63, 3.8) is 0 Å². The topological polar surface area (TPSA) is 59.1 Å². The van der Waals surface area contributed by atoms with Gasteiger partial charge in [0.05, 0.1) is 18.8 Å². The number of methoxy groups -OCH3 is 1. The van der Waals surface area contributed by atoms with Crippen molar-refractivity contribution in [2.75, 3.05) is 33.4 Å². The Hall–Kier alpha value is -2.34. The second kappa shape index (κ2) is 9.24. The zero-order valence-electron chi connectivity index (χ0n) is 17.1. The van der Waals surface area contributed by atoms with Crippen molar-refractivity contribution in [2.24, 2.45) is 0 Å². The molecule has 0 bridgehead atoms. The standard InChI is InChI=1S/C22H30N2O4/c1-16(2)28-15-7-14-24-21(25)19(17-8-10-18(27-3)11-9-17)20(22(24)26)23-12-5-4-6-13-23/h8-11,16H,4-7,12-15H2,1-3H3. The Balaban J connectivity index is 1.86. The predicted molar refractivity (Wildman–Crippen MR) is 108 cm³/mol. The van der Waals surface area contributed by atoms with Crippen molar-refractivity contribution < 1.29 is 19.1 Å². The Bertz CT molecular complexity index is 733. The molecule has 2 amide bonds. The summed E-state index contributed by atoms with van der Waals surface area (Å²) >= 11 is 0. The molecule has 28 heavy (non-hydrogen) atoms. The molecule has 0 spiro atoms. The van der Waals surface area contributed by atoms with Gasteiger partial charge in [0.15, 0.2) is 0 Å². The van der Waals surface area contributed by atoms with Gasteiger partial charge < -0.3 is 14.4 Å². The number of ether oxygens (including phenoxy) is 2. The molecule has 6 heteroatoms. The van der Waals surface area contributed by atoms with E-state index < -0.39 is 0 Å². The molecule has 1 aromatic carbocycles. The first kappa shape index (κ1) is 20.4. The van der Waals surface area contributed by atoms with Crippen LogP contribution in [-0.2, 0) is 14.3 Å². The summed E-state index contributed by atoms with van der Waals surface area (Å²) in [6.07, 6.45) is 4.03. The summed E-state index contributed by atoms with van der Waals surface area (Å²) in [4.78, 5) is 29.9. The van der Waals surface area contributed by atoms with Crippen LogP contribution in [0.4, 0.5) is 0 Å². The van der Waals surface area contributed by atoms with E-state index in [0.29, 0.717) is 30.8 Å². The van der Waals surface area contributed by atoms with Crippen molar-refractivity contribution in [1.82, 2.24) is 9.80 Å². The fraction of sp³-hybridized carbons (Fsp3) is 0.545. The van der Waals surface area contributed by atoms with Crippen LogP contribution in [-0.4, -0.2) is 61.1 Å². The predicted octanol–water partition coefficient (Wildman–Crippen LogP) is 3.08. The number of benzene rings is 1. The molecule has 2 aliphatic rings. The third-order valence-corrected chi connectivity index (χ3v) is 5.17. The average molecular weight is 386 g/mol. The molecule has 1 saturated heterocycles. The van der Waals surface area contributed by atoms with Gasteiger partial charge in [0.25, 0.3) is 11.8 Å². The van der Waals surface area contributed by atoms with Gasteiger partial charge in [0.2, 0.25) is 0 Å². The molecule has 0 N–H and O–H groups in total. The zero-order chi connectivity index (χ0) is 20.1. The van der Waals surface area contributed by atoms with E-state index in [1.807, 2.05) is 38.1 Å². The van der Waals surface area contributed by atoms with Crippen LogP contribution >= 0.6 is 0 Å². The number of nitrogens with zero attached hydrogens (tertiary/aromatic N) is 2. The molecule has 152 valence electrons. The summed E-state index contributed by atoms with van der Waals surface area (Å²) in [6.45, 7) is 6.50. The Labute approximate surface area is 167 Å². The number of carbonyl (C=O) groups excluding carboxylic acids is 2. The number of carbonyl (C=O) groups is 2. The van der Waals surface area contributed by atoms with Gasteiger partial charge in [-0.2, -0.15) is 0 Å². The second-order valence-corrected chi connectivity index (χ2v) is 7.53. The zero-order valence-corrected chi connectivity index (χ0v) is 17.1. The first-order chi connectivity index (χ1) is 13.5. The smallest absolute Gasteiger partial charge is 0.277 e. The highest BCUT2D eigenvalue weighted by Gasteiger charge is 2.41. The first-order valence-electron chi connectivity index (χ1n) is 10.1. The lowest BCUT2D eigenvalue weighted by molar-refractivity contribution is -0.137. The van der Waals surface area contributed by atoms with Gasteiger partial charge in [-0.05, 0) is 57.2 Å². The molecular formula is C22H30N2O4. The summed E-state index contributed by atoms with van der Waals surface area (Å²) < 4.78 is 10.8. The SMILES string of the molecule is COc1ccc(C2=C(N3CCCCC3)C(=O)N(CCCOC(C)C)C2=O)cc1. The molecule has 6 nitrogen and oxygen atoms in total. The largest absolute Gasteiger partial charge is 0.497 e. The van der Waals surface area contributed by atoms with Crippen LogP contribution in [0.5, 0.6) is 5.75 Å². The van der Waals surface area contributed by atoms with E-state index in [0.717, 1.165) is 37.2 Å². The summed E-state index contributed by atoms with van der Waals surface area (Å²) in [5.41, 5.74) is 1.83. The van der Waals surface area contributed by atoms with Gasteiger partial charge in [-0.25, -0.2) is 0 Å². The van der Waals surface area contributed by atoms with Crippen LogP contribution in [0.2, 0.25) is 0 Å². The monoisotopic (exact) mass is 386 g/mol. The van der Waals surface area contributed by atoms with Crippen LogP contribution in [0, 0.1) is 0 Å². The Kier molecular flexibility index (Phi) is 6.73. The number of hydrogen-bond donors (Lipinski definition) is 0. The molecule has 1 aromatic rings. The molecule has 0 saturated carbocycles. The lowest BCUT2D eigenvalue weighted by atomic mass is 10.0. The van der Waals surface area contributed by atoms with Crippen molar-refractivity contribution in [1.29, 1.82) is 0 Å². The number of hydrogen-bond acceptors (Lipinski definition) is 5. The highest BCUT2D eigenvalue weighted by Crippen LogP contribution is 2.33. The normalized spacial score (nSPS) is 17.9. The average Bonchev–Trinajstić information content (AvgIpc) is 2.96. The third kappa shape index (κ3) is 4.38. The summed E-state index contributed by atoms with van der Waals surface area (Å²) in [7, 11) is 1.61. The maximum atomic E-state index is 13.2. The fourth-order valence-electron chi connectivity index (χ4n) is 3.74. The van der Waals surface area contributed by atoms with E-state index in [1.165, 1.54) is 11.3 Å². The minimum Gasteiger partial charge on any atom is -0.497 e. The molecule has 3 rings (SSSR count). The highest BCUT2D eigenvalue weighted by molar-refractivity contribution is 6.35. The number of amides is 2. The number of imide groups is 1. The maximum Gasteiger partial charge on any atom is 0.277 e. The summed E-state index contributed by atoms with van der Waals surface area (Å²) in [6, 6.07) is 7.36. The van der Waals surface area contributed by atoms with Gasteiger partial charge in [0.1, 0.15) is 11.4 Å². The van der Waals surface area contributed by atoms with E-state index in [-0.39, 0.29) is 17.9 Å². The second-order valence-electron chi connectivity index (χ2n) is 7.53. The molecule has 2 heterocycles. The number of rotatable bonds is 8. The molecule has 0 aromatic heterocycles. The van der Waals surface area contributed by atoms with Crippen LogP contribution in [0.25, 0.3) is 5.57 Å². The van der Waals surface area contributed by atoms with Crippen molar-refractivity contribution >= 4 is 17.4 Å². The molecule has 0 unspecified atom stereocenters. The van der Waals surface area contributed by atoms with E-state index in [1.54, 1.807) is 7.11 Å². The maximum absolute atomic E-state index is 13.2. The number of piperidine rings is 1. The van der Waals surface area contributed by atoms with E-state index >= 15 is 0 Å². The lowest BCUT2D eigenvalue weighted by Gasteiger charge is -2.29. The van der Waals surface area contributed by atoms with Gasteiger partial charge in [-0.3, -0.25) is 14.5 Å². The molecule has 1 fully saturated rings.